The first-order valence-corrected chi connectivity index (χ1v) is 6.17. The zero-order valence-corrected chi connectivity index (χ0v) is 10.3. The first kappa shape index (κ1) is 12.6. The molecule has 1 aliphatic rings. The van der Waals surface area contributed by atoms with Crippen molar-refractivity contribution in [1.82, 2.24) is 9.80 Å². The summed E-state index contributed by atoms with van der Waals surface area (Å²) >= 11 is 0. The van der Waals surface area contributed by atoms with Gasteiger partial charge in [-0.25, -0.2) is 4.79 Å². The van der Waals surface area contributed by atoms with E-state index in [4.69, 9.17) is 5.11 Å². The highest BCUT2D eigenvalue weighted by Gasteiger charge is 2.18. The summed E-state index contributed by atoms with van der Waals surface area (Å²) in [6.45, 7) is 3.71. The van der Waals surface area contributed by atoms with Crippen molar-refractivity contribution >= 4 is 12.2 Å². The molecule has 4 heteroatoms. The van der Waals surface area contributed by atoms with E-state index in [1.165, 1.54) is 10.5 Å². The van der Waals surface area contributed by atoms with Crippen molar-refractivity contribution < 1.29 is 9.90 Å². The number of hydrogen-bond acceptors (Lipinski definition) is 2. The predicted molar refractivity (Wildman–Crippen MR) is 71.5 cm³/mol. The second-order valence-electron chi connectivity index (χ2n) is 4.38. The van der Waals surface area contributed by atoms with E-state index in [1.54, 1.807) is 0 Å². The smallest absolute Gasteiger partial charge is 0.407 e. The summed E-state index contributed by atoms with van der Waals surface area (Å²) in [5.41, 5.74) is 1.20. The number of piperazine rings is 1. The van der Waals surface area contributed by atoms with Gasteiger partial charge in [0, 0.05) is 32.7 Å². The summed E-state index contributed by atoms with van der Waals surface area (Å²) in [5, 5.41) is 8.84. The van der Waals surface area contributed by atoms with Gasteiger partial charge in [-0.2, -0.15) is 0 Å². The van der Waals surface area contributed by atoms with Gasteiger partial charge in [-0.3, -0.25) is 4.90 Å². The van der Waals surface area contributed by atoms with E-state index in [1.807, 2.05) is 18.2 Å². The Morgan fingerprint density at radius 1 is 1.17 bits per heavy atom. The molecule has 4 nitrogen and oxygen atoms in total. The molecule has 1 N–H and O–H groups in total. The molecule has 96 valence electrons. The summed E-state index contributed by atoms with van der Waals surface area (Å²) < 4.78 is 0. The van der Waals surface area contributed by atoms with Gasteiger partial charge < -0.3 is 10.0 Å². The van der Waals surface area contributed by atoms with Crippen LogP contribution in [0.25, 0.3) is 6.08 Å². The summed E-state index contributed by atoms with van der Waals surface area (Å²) in [6, 6.07) is 10.2. The third kappa shape index (κ3) is 3.60. The monoisotopic (exact) mass is 246 g/mol. The van der Waals surface area contributed by atoms with Crippen LogP contribution < -0.4 is 0 Å². The summed E-state index contributed by atoms with van der Waals surface area (Å²) in [6.07, 6.45) is 3.42. The molecule has 0 bridgehead atoms. The number of amides is 1. The van der Waals surface area contributed by atoms with Crippen LogP contribution >= 0.6 is 0 Å². The molecule has 2 rings (SSSR count). The van der Waals surface area contributed by atoms with Gasteiger partial charge in [-0.1, -0.05) is 42.5 Å². The Labute approximate surface area is 107 Å². The van der Waals surface area contributed by atoms with Gasteiger partial charge in [0.2, 0.25) is 0 Å². The number of nitrogens with zero attached hydrogens (tertiary/aromatic N) is 2. The van der Waals surface area contributed by atoms with Gasteiger partial charge in [-0.15, -0.1) is 0 Å². The molecule has 1 heterocycles. The summed E-state index contributed by atoms with van der Waals surface area (Å²) in [4.78, 5) is 14.5. The Morgan fingerprint density at radius 3 is 2.44 bits per heavy atom. The zero-order valence-electron chi connectivity index (χ0n) is 10.3. The lowest BCUT2D eigenvalue weighted by molar-refractivity contribution is 0.110. The molecule has 0 radical (unpaired) electrons. The average molecular weight is 246 g/mol. The Hall–Kier alpha value is -1.81. The van der Waals surface area contributed by atoms with Crippen molar-refractivity contribution in [2.24, 2.45) is 0 Å². The molecule has 1 aromatic rings. The van der Waals surface area contributed by atoms with E-state index in [2.05, 4.69) is 29.2 Å². The van der Waals surface area contributed by atoms with Crippen molar-refractivity contribution in [1.29, 1.82) is 0 Å². The molecule has 0 atom stereocenters. The van der Waals surface area contributed by atoms with Crippen LogP contribution in [0.4, 0.5) is 4.79 Å². The maximum absolute atomic E-state index is 10.8. The fraction of sp³-hybridized carbons (Fsp3) is 0.357. The fourth-order valence-electron chi connectivity index (χ4n) is 2.02. The van der Waals surface area contributed by atoms with Crippen LogP contribution in [0.3, 0.4) is 0 Å². The minimum absolute atomic E-state index is 0.606. The molecule has 0 saturated carbocycles. The molecule has 18 heavy (non-hydrogen) atoms. The number of benzene rings is 1. The molecule has 0 aromatic heterocycles. The minimum Gasteiger partial charge on any atom is -0.465 e. The van der Waals surface area contributed by atoms with Gasteiger partial charge in [-0.05, 0) is 5.56 Å². The van der Waals surface area contributed by atoms with E-state index in [9.17, 15) is 4.79 Å². The third-order valence-electron chi connectivity index (χ3n) is 3.12. The lowest BCUT2D eigenvalue weighted by Gasteiger charge is -2.32. The molecule has 0 spiro atoms. The topological polar surface area (TPSA) is 43.8 Å². The molecule has 1 amide bonds. The first-order valence-electron chi connectivity index (χ1n) is 6.17. The highest BCUT2D eigenvalue weighted by atomic mass is 16.4. The normalized spacial score (nSPS) is 17.2. The molecule has 1 fully saturated rings. The largest absolute Gasteiger partial charge is 0.465 e. The van der Waals surface area contributed by atoms with Crippen molar-refractivity contribution in [2.75, 3.05) is 32.7 Å². The molecular weight excluding hydrogens is 228 g/mol. The van der Waals surface area contributed by atoms with Gasteiger partial charge in [0.05, 0.1) is 0 Å². The Morgan fingerprint density at radius 2 is 1.83 bits per heavy atom. The van der Waals surface area contributed by atoms with Crippen LogP contribution in [0.5, 0.6) is 0 Å². The van der Waals surface area contributed by atoms with Crippen molar-refractivity contribution in [3.63, 3.8) is 0 Å². The third-order valence-corrected chi connectivity index (χ3v) is 3.12. The van der Waals surface area contributed by atoms with Gasteiger partial charge in [0.1, 0.15) is 0 Å². The van der Waals surface area contributed by atoms with Gasteiger partial charge in [0.25, 0.3) is 0 Å². The lowest BCUT2D eigenvalue weighted by Crippen LogP contribution is -2.48. The Balaban J connectivity index is 1.76. The SMILES string of the molecule is O=C(O)N1CCN(CC=Cc2ccccc2)CC1. The molecule has 1 aliphatic heterocycles. The van der Waals surface area contributed by atoms with E-state index < -0.39 is 6.09 Å². The Bertz CT molecular complexity index is 409. The van der Waals surface area contributed by atoms with Crippen LogP contribution in [-0.4, -0.2) is 53.7 Å². The van der Waals surface area contributed by atoms with Crippen LogP contribution in [0, 0.1) is 0 Å². The molecule has 1 aromatic carbocycles. The van der Waals surface area contributed by atoms with Crippen LogP contribution in [0.15, 0.2) is 36.4 Å². The van der Waals surface area contributed by atoms with E-state index in [-0.39, 0.29) is 0 Å². The van der Waals surface area contributed by atoms with Crippen molar-refractivity contribution in [2.45, 2.75) is 0 Å². The highest BCUT2D eigenvalue weighted by Crippen LogP contribution is 2.04. The maximum Gasteiger partial charge on any atom is 0.407 e. The van der Waals surface area contributed by atoms with Gasteiger partial charge >= 0.3 is 6.09 Å². The zero-order chi connectivity index (χ0) is 12.8. The van der Waals surface area contributed by atoms with E-state index in [0.29, 0.717) is 13.1 Å². The highest BCUT2D eigenvalue weighted by molar-refractivity contribution is 5.65. The maximum atomic E-state index is 10.8. The molecule has 0 unspecified atom stereocenters. The molecule has 1 saturated heterocycles. The average Bonchev–Trinajstić information content (AvgIpc) is 2.40. The molecule has 0 aliphatic carbocycles. The number of carbonyl (C=O) groups is 1. The lowest BCUT2D eigenvalue weighted by atomic mass is 10.2. The minimum atomic E-state index is -0.811. The number of carboxylic acid groups (broad SMARTS) is 1. The number of hydrogen-bond donors (Lipinski definition) is 1. The van der Waals surface area contributed by atoms with Crippen LogP contribution in [-0.2, 0) is 0 Å². The summed E-state index contributed by atoms with van der Waals surface area (Å²) in [7, 11) is 0. The van der Waals surface area contributed by atoms with Crippen molar-refractivity contribution in [3.8, 4) is 0 Å². The molecular formula is C14H18N2O2. The fourth-order valence-corrected chi connectivity index (χ4v) is 2.02. The van der Waals surface area contributed by atoms with Crippen LogP contribution in [0.1, 0.15) is 5.56 Å². The van der Waals surface area contributed by atoms with Crippen LogP contribution in [0.2, 0.25) is 0 Å². The second kappa shape index (κ2) is 6.21. The first-order chi connectivity index (χ1) is 8.75. The second-order valence-corrected chi connectivity index (χ2v) is 4.38. The Kier molecular flexibility index (Phi) is 4.36. The number of rotatable bonds is 3. The van der Waals surface area contributed by atoms with E-state index >= 15 is 0 Å². The van der Waals surface area contributed by atoms with Gasteiger partial charge in [0.15, 0.2) is 0 Å². The predicted octanol–water partition coefficient (Wildman–Crippen LogP) is 2.00. The standard InChI is InChI=1S/C14H18N2O2/c17-14(18)16-11-9-15(10-12-16)8-4-7-13-5-2-1-3-6-13/h1-7H,8-12H2,(H,17,18). The quantitative estimate of drug-likeness (QED) is 0.887. The van der Waals surface area contributed by atoms with E-state index in [0.717, 1.165) is 19.6 Å². The van der Waals surface area contributed by atoms with Crippen molar-refractivity contribution in [3.05, 3.63) is 42.0 Å². The summed E-state index contributed by atoms with van der Waals surface area (Å²) in [5.74, 6) is 0.